The number of hydrogen-bond acceptors (Lipinski definition) is 1. The molecule has 0 spiro atoms. The first-order valence-electron chi connectivity index (χ1n) is 6.02. The highest BCUT2D eigenvalue weighted by atomic mass is 16.3. The lowest BCUT2D eigenvalue weighted by Gasteiger charge is -2.44. The van der Waals surface area contributed by atoms with E-state index in [1.807, 2.05) is 6.08 Å². The van der Waals surface area contributed by atoms with Crippen LogP contribution in [0.25, 0.3) is 0 Å². The van der Waals surface area contributed by atoms with Crippen LogP contribution in [-0.2, 0) is 0 Å². The van der Waals surface area contributed by atoms with Crippen molar-refractivity contribution in [2.75, 3.05) is 6.61 Å². The normalized spacial score (nSPS) is 34.4. The quantitative estimate of drug-likeness (QED) is 0.716. The highest BCUT2D eigenvalue weighted by Crippen LogP contribution is 2.48. The first-order valence-corrected chi connectivity index (χ1v) is 6.02. The third-order valence-electron chi connectivity index (χ3n) is 4.17. The summed E-state index contributed by atoms with van der Waals surface area (Å²) >= 11 is 0. The SMILES string of the molecule is C=CC1(CO)CCC(C(=C)C)CC1C(=C)C. The summed E-state index contributed by atoms with van der Waals surface area (Å²) in [5, 5.41) is 9.65. The van der Waals surface area contributed by atoms with Gasteiger partial charge in [0.25, 0.3) is 0 Å². The van der Waals surface area contributed by atoms with Crippen LogP contribution in [0.4, 0.5) is 0 Å². The lowest BCUT2D eigenvalue weighted by atomic mass is 9.61. The van der Waals surface area contributed by atoms with Gasteiger partial charge in [-0.3, -0.25) is 0 Å². The molecule has 0 aromatic rings. The van der Waals surface area contributed by atoms with E-state index in [0.717, 1.165) is 24.8 Å². The Bertz CT molecular complexity index is 303. The second-order valence-electron chi connectivity index (χ2n) is 5.31. The van der Waals surface area contributed by atoms with Crippen molar-refractivity contribution in [1.29, 1.82) is 0 Å². The Kier molecular flexibility index (Phi) is 4.15. The topological polar surface area (TPSA) is 20.2 Å². The van der Waals surface area contributed by atoms with Gasteiger partial charge in [0.1, 0.15) is 0 Å². The molecule has 1 aliphatic rings. The summed E-state index contributed by atoms with van der Waals surface area (Å²) in [7, 11) is 0. The van der Waals surface area contributed by atoms with Crippen molar-refractivity contribution in [3.63, 3.8) is 0 Å². The summed E-state index contributed by atoms with van der Waals surface area (Å²) in [4.78, 5) is 0. The molecular formula is C15H24O. The summed E-state index contributed by atoms with van der Waals surface area (Å²) in [5.41, 5.74) is 2.25. The molecule has 1 saturated carbocycles. The van der Waals surface area contributed by atoms with Gasteiger partial charge in [-0.05, 0) is 44.9 Å². The Hall–Kier alpha value is -0.820. The minimum absolute atomic E-state index is 0.155. The van der Waals surface area contributed by atoms with Crippen molar-refractivity contribution in [3.8, 4) is 0 Å². The summed E-state index contributed by atoms with van der Waals surface area (Å²) in [6.07, 6.45) is 5.08. The van der Waals surface area contributed by atoms with Gasteiger partial charge in [-0.25, -0.2) is 0 Å². The van der Waals surface area contributed by atoms with E-state index in [-0.39, 0.29) is 12.0 Å². The summed E-state index contributed by atoms with van der Waals surface area (Å²) in [6, 6.07) is 0. The van der Waals surface area contributed by atoms with Crippen LogP contribution in [0.5, 0.6) is 0 Å². The highest BCUT2D eigenvalue weighted by Gasteiger charge is 2.41. The van der Waals surface area contributed by atoms with Gasteiger partial charge in [-0.15, -0.1) is 6.58 Å². The van der Waals surface area contributed by atoms with E-state index in [0.29, 0.717) is 11.8 Å². The van der Waals surface area contributed by atoms with Gasteiger partial charge in [0.15, 0.2) is 0 Å². The van der Waals surface area contributed by atoms with E-state index in [1.165, 1.54) is 5.57 Å². The molecule has 16 heavy (non-hydrogen) atoms. The van der Waals surface area contributed by atoms with Crippen LogP contribution in [0.2, 0.25) is 0 Å². The minimum atomic E-state index is -0.155. The van der Waals surface area contributed by atoms with Crippen LogP contribution in [0.15, 0.2) is 37.0 Å². The molecular weight excluding hydrogens is 196 g/mol. The predicted molar refractivity (Wildman–Crippen MR) is 70.2 cm³/mol. The Morgan fingerprint density at radius 1 is 1.38 bits per heavy atom. The van der Waals surface area contributed by atoms with E-state index in [1.54, 1.807) is 0 Å². The minimum Gasteiger partial charge on any atom is -0.395 e. The third kappa shape index (κ3) is 2.30. The lowest BCUT2D eigenvalue weighted by Crippen LogP contribution is -2.38. The second kappa shape index (κ2) is 5.01. The molecule has 0 bridgehead atoms. The standard InChI is InChI=1S/C15H24O/c1-6-15(10-16)8-7-13(11(2)3)9-14(15)12(4)5/h6,13-14,16H,1-2,4,7-10H2,3,5H3. The van der Waals surface area contributed by atoms with E-state index in [9.17, 15) is 5.11 Å². The summed E-state index contributed by atoms with van der Waals surface area (Å²) < 4.78 is 0. The van der Waals surface area contributed by atoms with Crippen molar-refractivity contribution < 1.29 is 5.11 Å². The second-order valence-corrected chi connectivity index (χ2v) is 5.31. The highest BCUT2D eigenvalue weighted by molar-refractivity contribution is 5.16. The molecule has 3 unspecified atom stereocenters. The largest absolute Gasteiger partial charge is 0.395 e. The smallest absolute Gasteiger partial charge is 0.0527 e. The molecule has 0 aliphatic heterocycles. The molecule has 0 aromatic heterocycles. The monoisotopic (exact) mass is 220 g/mol. The van der Waals surface area contributed by atoms with Gasteiger partial charge < -0.3 is 5.11 Å². The molecule has 1 N–H and O–H groups in total. The molecule has 90 valence electrons. The molecule has 1 aliphatic carbocycles. The number of allylic oxidation sites excluding steroid dienone is 2. The zero-order valence-electron chi connectivity index (χ0n) is 10.6. The average Bonchev–Trinajstić information content (AvgIpc) is 2.27. The van der Waals surface area contributed by atoms with E-state index < -0.39 is 0 Å². The average molecular weight is 220 g/mol. The fraction of sp³-hybridized carbons (Fsp3) is 0.600. The molecule has 1 fully saturated rings. The van der Waals surface area contributed by atoms with E-state index in [2.05, 4.69) is 33.6 Å². The predicted octanol–water partition coefficient (Wildman–Crippen LogP) is 3.72. The maximum atomic E-state index is 9.65. The van der Waals surface area contributed by atoms with Crippen LogP contribution in [-0.4, -0.2) is 11.7 Å². The van der Waals surface area contributed by atoms with Gasteiger partial charge in [-0.1, -0.05) is 30.4 Å². The maximum Gasteiger partial charge on any atom is 0.0527 e. The van der Waals surface area contributed by atoms with Crippen LogP contribution in [0.3, 0.4) is 0 Å². The zero-order chi connectivity index (χ0) is 12.3. The molecule has 1 nitrogen and oxygen atoms in total. The Morgan fingerprint density at radius 2 is 2.00 bits per heavy atom. The van der Waals surface area contributed by atoms with E-state index in [4.69, 9.17) is 0 Å². The summed E-state index contributed by atoms with van der Waals surface area (Å²) in [5.74, 6) is 0.909. The van der Waals surface area contributed by atoms with Crippen molar-refractivity contribution in [2.24, 2.45) is 17.3 Å². The van der Waals surface area contributed by atoms with Gasteiger partial charge in [0.05, 0.1) is 6.61 Å². The fourth-order valence-electron chi connectivity index (χ4n) is 2.89. The number of rotatable bonds is 4. The molecule has 0 saturated heterocycles. The van der Waals surface area contributed by atoms with Gasteiger partial charge >= 0.3 is 0 Å². The molecule has 0 aromatic carbocycles. The van der Waals surface area contributed by atoms with Crippen LogP contribution < -0.4 is 0 Å². The van der Waals surface area contributed by atoms with Gasteiger partial charge in [0, 0.05) is 5.41 Å². The van der Waals surface area contributed by atoms with Crippen molar-refractivity contribution in [2.45, 2.75) is 33.1 Å². The van der Waals surface area contributed by atoms with Crippen LogP contribution in [0.1, 0.15) is 33.1 Å². The molecule has 1 heteroatoms. The van der Waals surface area contributed by atoms with Crippen molar-refractivity contribution >= 4 is 0 Å². The van der Waals surface area contributed by atoms with E-state index >= 15 is 0 Å². The fourth-order valence-corrected chi connectivity index (χ4v) is 2.89. The molecule has 0 heterocycles. The van der Waals surface area contributed by atoms with Gasteiger partial charge in [0.2, 0.25) is 0 Å². The Morgan fingerprint density at radius 3 is 2.38 bits per heavy atom. The first kappa shape index (κ1) is 13.2. The number of aliphatic hydroxyl groups excluding tert-OH is 1. The third-order valence-corrected chi connectivity index (χ3v) is 4.17. The maximum absolute atomic E-state index is 9.65. The zero-order valence-corrected chi connectivity index (χ0v) is 10.6. The molecule has 3 atom stereocenters. The number of hydrogen-bond donors (Lipinski definition) is 1. The first-order chi connectivity index (χ1) is 7.46. The Balaban J connectivity index is 2.95. The lowest BCUT2D eigenvalue weighted by molar-refractivity contribution is 0.0700. The van der Waals surface area contributed by atoms with Crippen molar-refractivity contribution in [3.05, 3.63) is 37.0 Å². The Labute approximate surface area is 99.6 Å². The molecule has 0 radical (unpaired) electrons. The van der Waals surface area contributed by atoms with Gasteiger partial charge in [-0.2, -0.15) is 0 Å². The number of aliphatic hydroxyl groups is 1. The van der Waals surface area contributed by atoms with Crippen LogP contribution >= 0.6 is 0 Å². The summed E-state index contributed by atoms with van der Waals surface area (Å²) in [6.45, 7) is 16.4. The molecule has 0 amide bonds. The van der Waals surface area contributed by atoms with Crippen LogP contribution in [0, 0.1) is 17.3 Å². The molecule has 1 rings (SSSR count). The van der Waals surface area contributed by atoms with Crippen molar-refractivity contribution in [1.82, 2.24) is 0 Å².